The fraction of sp³-hybridized carbons (Fsp3) is 0.263. The third kappa shape index (κ3) is 6.73. The number of hydrogen-bond acceptors (Lipinski definition) is 3. The van der Waals surface area contributed by atoms with E-state index in [2.05, 4.69) is 0 Å². The summed E-state index contributed by atoms with van der Waals surface area (Å²) in [5, 5.41) is -1.05. The molecule has 5 heteroatoms. The number of Topliss-reactive ketones (excluding diaryl/α,β-unsaturated/α-hetero) is 1. The van der Waals surface area contributed by atoms with Gasteiger partial charge >= 0.3 is 0 Å². The van der Waals surface area contributed by atoms with Gasteiger partial charge in [-0.2, -0.15) is 0 Å². The molecule has 0 aliphatic heterocycles. The van der Waals surface area contributed by atoms with Crippen LogP contribution in [0.2, 0.25) is 0 Å². The van der Waals surface area contributed by atoms with Crippen molar-refractivity contribution in [2.45, 2.75) is 31.6 Å². The third-order valence-corrected chi connectivity index (χ3v) is 4.12. The molecule has 3 rings (SSSR count). The summed E-state index contributed by atoms with van der Waals surface area (Å²) in [6.07, 6.45) is 0.636. The Labute approximate surface area is 152 Å². The quantitative estimate of drug-likeness (QED) is 0.457. The second kappa shape index (κ2) is 10.1. The lowest BCUT2D eigenvalue weighted by Gasteiger charge is -2.00. The van der Waals surface area contributed by atoms with Crippen molar-refractivity contribution in [1.82, 2.24) is 0 Å². The number of nitrogen functional groups attached to an aromatic ring is 1. The van der Waals surface area contributed by atoms with E-state index in [1.165, 1.54) is 18.1 Å². The zero-order chi connectivity index (χ0) is 18.1. The maximum atomic E-state index is 11.2. The number of hydrogen-bond donors (Lipinski definition) is 1. The first-order valence-corrected chi connectivity index (χ1v) is 8.38. The van der Waals surface area contributed by atoms with Gasteiger partial charge in [-0.1, -0.05) is 49.4 Å². The number of nitrogens with two attached hydrogens (primary N) is 1. The predicted octanol–water partition coefficient (Wildman–Crippen LogP) is 4.56. The molecule has 1 aliphatic carbocycles. The Kier molecular flexibility index (Phi) is 8.51. The number of fused-ring (bicyclic) bond motifs is 1. The minimum absolute atomic E-state index is 0.131. The standard InChI is InChI=1S/C10H10O.C6H7N.C3H4Cl2O/c1-7-9-5-3-2-4-8(9)6-10(7)11;7-6-4-2-1-3-5-6;1-2(4)3(5)6/h2-5,7H,6H2,1H3;1-5H,7H2;2H,1H3. The molecule has 2 atom stereocenters. The maximum Gasteiger partial charge on any atom is 0.239 e. The third-order valence-electron chi connectivity index (χ3n) is 3.48. The molecule has 2 unspecified atom stereocenters. The van der Waals surface area contributed by atoms with E-state index in [1.54, 1.807) is 0 Å². The average molecular weight is 366 g/mol. The molecule has 0 saturated carbocycles. The lowest BCUT2D eigenvalue weighted by Crippen LogP contribution is -2.00. The van der Waals surface area contributed by atoms with Crippen LogP contribution in [0.4, 0.5) is 5.69 Å². The summed E-state index contributed by atoms with van der Waals surface area (Å²) in [5.41, 5.74) is 8.61. The molecule has 2 N–H and O–H groups in total. The zero-order valence-electron chi connectivity index (χ0n) is 13.7. The first-order chi connectivity index (χ1) is 11.3. The predicted molar refractivity (Wildman–Crippen MR) is 101 cm³/mol. The van der Waals surface area contributed by atoms with Crippen LogP contribution in [0, 0.1) is 0 Å². The largest absolute Gasteiger partial charge is 0.399 e. The van der Waals surface area contributed by atoms with Crippen LogP contribution >= 0.6 is 23.2 Å². The van der Waals surface area contributed by atoms with Gasteiger partial charge in [0.1, 0.15) is 11.2 Å². The summed E-state index contributed by atoms with van der Waals surface area (Å²) in [7, 11) is 0. The van der Waals surface area contributed by atoms with Crippen LogP contribution in [-0.2, 0) is 16.0 Å². The molecule has 24 heavy (non-hydrogen) atoms. The highest BCUT2D eigenvalue weighted by Crippen LogP contribution is 2.28. The summed E-state index contributed by atoms with van der Waals surface area (Å²) < 4.78 is 0. The molecule has 0 saturated heterocycles. The summed E-state index contributed by atoms with van der Waals surface area (Å²) in [6.45, 7) is 3.51. The normalized spacial score (nSPS) is 16.0. The van der Waals surface area contributed by atoms with Gasteiger partial charge < -0.3 is 5.73 Å². The van der Waals surface area contributed by atoms with Crippen molar-refractivity contribution in [3.05, 3.63) is 65.7 Å². The van der Waals surface area contributed by atoms with E-state index in [9.17, 15) is 9.59 Å². The number of benzene rings is 2. The first-order valence-electron chi connectivity index (χ1n) is 7.57. The number of alkyl halides is 1. The lowest BCUT2D eigenvalue weighted by atomic mass is 10.0. The van der Waals surface area contributed by atoms with E-state index in [0.29, 0.717) is 12.2 Å². The number of anilines is 1. The number of carbonyl (C=O) groups excluding carboxylic acids is 2. The van der Waals surface area contributed by atoms with E-state index >= 15 is 0 Å². The molecule has 1 aliphatic rings. The summed E-state index contributed by atoms with van der Waals surface area (Å²) in [5.74, 6) is 0.484. The van der Waals surface area contributed by atoms with Crippen molar-refractivity contribution in [2.75, 3.05) is 5.73 Å². The fourth-order valence-electron chi connectivity index (χ4n) is 2.08. The van der Waals surface area contributed by atoms with Gasteiger partial charge in [0.15, 0.2) is 0 Å². The van der Waals surface area contributed by atoms with E-state index in [0.717, 1.165) is 5.69 Å². The molecule has 2 aromatic rings. The molecule has 0 fully saturated rings. The van der Waals surface area contributed by atoms with Crippen LogP contribution in [0.15, 0.2) is 54.6 Å². The monoisotopic (exact) mass is 365 g/mol. The molecule has 0 radical (unpaired) electrons. The van der Waals surface area contributed by atoms with Crippen molar-refractivity contribution in [1.29, 1.82) is 0 Å². The Hall–Kier alpha value is -1.84. The zero-order valence-corrected chi connectivity index (χ0v) is 15.2. The summed E-state index contributed by atoms with van der Waals surface area (Å²) in [6, 6.07) is 17.6. The second-order valence-electron chi connectivity index (χ2n) is 5.39. The number of rotatable bonds is 1. The molecule has 0 amide bonds. The molecule has 128 valence electrons. The number of carbonyl (C=O) groups is 2. The van der Waals surface area contributed by atoms with Gasteiger partial charge in [-0.15, -0.1) is 11.6 Å². The van der Waals surface area contributed by atoms with Crippen molar-refractivity contribution in [3.63, 3.8) is 0 Å². The van der Waals surface area contributed by atoms with Gasteiger partial charge in [-0.3, -0.25) is 9.59 Å². The van der Waals surface area contributed by atoms with Crippen molar-refractivity contribution >= 4 is 39.9 Å². The Morgan fingerprint density at radius 2 is 1.62 bits per heavy atom. The molecule has 2 aromatic carbocycles. The SMILES string of the molecule is CC(Cl)C(=O)Cl.CC1C(=O)Cc2ccccc21.Nc1ccccc1. The molecule has 0 bridgehead atoms. The van der Waals surface area contributed by atoms with Crippen molar-refractivity contribution in [3.8, 4) is 0 Å². The second-order valence-corrected chi connectivity index (χ2v) is 6.42. The van der Waals surface area contributed by atoms with Crippen LogP contribution in [-0.4, -0.2) is 16.4 Å². The average Bonchev–Trinajstić information content (AvgIpc) is 2.84. The van der Waals surface area contributed by atoms with E-state index < -0.39 is 10.6 Å². The van der Waals surface area contributed by atoms with Crippen LogP contribution < -0.4 is 5.73 Å². The smallest absolute Gasteiger partial charge is 0.239 e. The van der Waals surface area contributed by atoms with Gasteiger partial charge in [0.2, 0.25) is 5.24 Å². The Morgan fingerprint density at radius 1 is 1.12 bits per heavy atom. The highest BCUT2D eigenvalue weighted by atomic mass is 35.5. The Morgan fingerprint density at radius 3 is 2.04 bits per heavy atom. The number of ketones is 1. The molecular formula is C19H21Cl2NO2. The molecular weight excluding hydrogens is 345 g/mol. The minimum Gasteiger partial charge on any atom is -0.399 e. The van der Waals surface area contributed by atoms with Gasteiger partial charge in [-0.25, -0.2) is 0 Å². The lowest BCUT2D eigenvalue weighted by molar-refractivity contribution is -0.118. The van der Waals surface area contributed by atoms with E-state index in [-0.39, 0.29) is 5.92 Å². The minimum atomic E-state index is -0.549. The van der Waals surface area contributed by atoms with Crippen LogP contribution in [0.5, 0.6) is 0 Å². The van der Waals surface area contributed by atoms with Gasteiger partial charge in [-0.05, 0) is 41.8 Å². The highest BCUT2D eigenvalue weighted by molar-refractivity contribution is 6.69. The van der Waals surface area contributed by atoms with Gasteiger partial charge in [0.25, 0.3) is 0 Å². The number of halogens is 2. The molecule has 3 nitrogen and oxygen atoms in total. The fourth-order valence-corrected chi connectivity index (χ4v) is 2.08. The van der Waals surface area contributed by atoms with Crippen LogP contribution in [0.1, 0.15) is 30.9 Å². The van der Waals surface area contributed by atoms with Gasteiger partial charge in [0.05, 0.1) is 0 Å². The van der Waals surface area contributed by atoms with Crippen LogP contribution in [0.3, 0.4) is 0 Å². The molecule has 0 aromatic heterocycles. The number of para-hydroxylation sites is 1. The molecule has 0 heterocycles. The molecule has 0 spiro atoms. The maximum absolute atomic E-state index is 11.2. The summed E-state index contributed by atoms with van der Waals surface area (Å²) >= 11 is 9.97. The van der Waals surface area contributed by atoms with E-state index in [4.69, 9.17) is 28.9 Å². The van der Waals surface area contributed by atoms with E-state index in [1.807, 2.05) is 61.5 Å². The Balaban J connectivity index is 0.000000194. The first kappa shape index (κ1) is 20.2. The Bertz CT molecular complexity index is 672. The van der Waals surface area contributed by atoms with Crippen molar-refractivity contribution < 1.29 is 9.59 Å². The van der Waals surface area contributed by atoms with Crippen molar-refractivity contribution in [2.24, 2.45) is 0 Å². The van der Waals surface area contributed by atoms with Crippen LogP contribution in [0.25, 0.3) is 0 Å². The highest BCUT2D eigenvalue weighted by Gasteiger charge is 2.25. The van der Waals surface area contributed by atoms with Gasteiger partial charge in [0, 0.05) is 18.0 Å². The summed E-state index contributed by atoms with van der Waals surface area (Å²) in [4.78, 5) is 21.0. The topological polar surface area (TPSA) is 60.2 Å².